The largest absolute Gasteiger partial charge is 0.478 e. The SMILES string of the molecule is Cc1ccc(CNCc2ccc(-c3ccc(C(=O)O)cc3)o2)cc1. The molecule has 0 aliphatic rings. The van der Waals surface area contributed by atoms with Gasteiger partial charge in [-0.15, -0.1) is 0 Å². The van der Waals surface area contributed by atoms with Crippen LogP contribution in [0.4, 0.5) is 0 Å². The number of benzene rings is 2. The third-order valence-electron chi connectivity index (χ3n) is 3.83. The Morgan fingerprint density at radius 1 is 0.958 bits per heavy atom. The Hall–Kier alpha value is -2.85. The molecule has 0 fully saturated rings. The summed E-state index contributed by atoms with van der Waals surface area (Å²) in [6.07, 6.45) is 0. The monoisotopic (exact) mass is 321 g/mol. The van der Waals surface area contributed by atoms with Gasteiger partial charge in [0, 0.05) is 12.1 Å². The second-order valence-electron chi connectivity index (χ2n) is 5.74. The van der Waals surface area contributed by atoms with Crippen LogP contribution in [0.15, 0.2) is 65.1 Å². The molecule has 0 aliphatic carbocycles. The van der Waals surface area contributed by atoms with E-state index in [-0.39, 0.29) is 5.56 Å². The molecule has 1 aromatic heterocycles. The Morgan fingerprint density at radius 2 is 1.67 bits per heavy atom. The molecule has 3 aromatic rings. The number of hydrogen-bond donors (Lipinski definition) is 2. The number of aromatic carboxylic acids is 1. The van der Waals surface area contributed by atoms with Crippen LogP contribution in [0.25, 0.3) is 11.3 Å². The van der Waals surface area contributed by atoms with Crippen molar-refractivity contribution < 1.29 is 14.3 Å². The highest BCUT2D eigenvalue weighted by atomic mass is 16.4. The molecule has 0 unspecified atom stereocenters. The zero-order valence-corrected chi connectivity index (χ0v) is 13.5. The van der Waals surface area contributed by atoms with Crippen molar-refractivity contribution in [2.45, 2.75) is 20.0 Å². The average molecular weight is 321 g/mol. The van der Waals surface area contributed by atoms with Crippen LogP contribution < -0.4 is 5.32 Å². The van der Waals surface area contributed by atoms with Crippen LogP contribution in [-0.4, -0.2) is 11.1 Å². The Balaban J connectivity index is 1.59. The summed E-state index contributed by atoms with van der Waals surface area (Å²) < 4.78 is 5.82. The molecule has 0 bridgehead atoms. The number of carboxylic acids is 1. The maximum absolute atomic E-state index is 10.9. The van der Waals surface area contributed by atoms with Gasteiger partial charge in [0.15, 0.2) is 0 Å². The van der Waals surface area contributed by atoms with Gasteiger partial charge in [-0.1, -0.05) is 42.0 Å². The van der Waals surface area contributed by atoms with E-state index in [4.69, 9.17) is 9.52 Å². The van der Waals surface area contributed by atoms with E-state index < -0.39 is 5.97 Å². The minimum Gasteiger partial charge on any atom is -0.478 e. The van der Waals surface area contributed by atoms with E-state index in [1.165, 1.54) is 11.1 Å². The fraction of sp³-hybridized carbons (Fsp3) is 0.150. The number of carboxylic acid groups (broad SMARTS) is 1. The smallest absolute Gasteiger partial charge is 0.335 e. The highest BCUT2D eigenvalue weighted by Crippen LogP contribution is 2.22. The Labute approximate surface area is 140 Å². The van der Waals surface area contributed by atoms with Crippen LogP contribution in [0.1, 0.15) is 27.2 Å². The van der Waals surface area contributed by atoms with Crippen molar-refractivity contribution in [3.8, 4) is 11.3 Å². The van der Waals surface area contributed by atoms with Gasteiger partial charge < -0.3 is 14.8 Å². The number of carbonyl (C=O) groups is 1. The molecule has 0 saturated carbocycles. The van der Waals surface area contributed by atoms with E-state index in [9.17, 15) is 4.79 Å². The Kier molecular flexibility index (Phi) is 4.77. The van der Waals surface area contributed by atoms with Crippen molar-refractivity contribution in [1.29, 1.82) is 0 Å². The molecule has 24 heavy (non-hydrogen) atoms. The van der Waals surface area contributed by atoms with E-state index in [2.05, 4.69) is 36.5 Å². The maximum atomic E-state index is 10.9. The van der Waals surface area contributed by atoms with Crippen molar-refractivity contribution >= 4 is 5.97 Å². The molecule has 2 N–H and O–H groups in total. The normalized spacial score (nSPS) is 10.7. The third-order valence-corrected chi connectivity index (χ3v) is 3.83. The van der Waals surface area contributed by atoms with Crippen LogP contribution in [0, 0.1) is 6.92 Å². The standard InChI is InChI=1S/C20H19NO3/c1-14-2-4-15(5-3-14)12-21-13-18-10-11-19(24-18)16-6-8-17(9-7-16)20(22)23/h2-11,21H,12-13H2,1H3,(H,22,23). The molecular weight excluding hydrogens is 302 g/mol. The van der Waals surface area contributed by atoms with Gasteiger partial charge in [-0.2, -0.15) is 0 Å². The van der Waals surface area contributed by atoms with Gasteiger partial charge in [-0.25, -0.2) is 4.79 Å². The van der Waals surface area contributed by atoms with Crippen molar-refractivity contribution in [3.05, 3.63) is 83.1 Å². The van der Waals surface area contributed by atoms with Crippen LogP contribution in [0.3, 0.4) is 0 Å². The fourth-order valence-corrected chi connectivity index (χ4v) is 2.44. The Morgan fingerprint density at radius 3 is 2.33 bits per heavy atom. The molecule has 0 spiro atoms. The molecule has 0 atom stereocenters. The molecular formula is C20H19NO3. The maximum Gasteiger partial charge on any atom is 0.335 e. The zero-order valence-electron chi connectivity index (χ0n) is 13.5. The first-order chi connectivity index (χ1) is 11.6. The Bertz CT molecular complexity index is 817. The molecule has 0 saturated heterocycles. The highest BCUT2D eigenvalue weighted by Gasteiger charge is 2.07. The average Bonchev–Trinajstić information content (AvgIpc) is 3.06. The summed E-state index contributed by atoms with van der Waals surface area (Å²) in [6, 6.07) is 18.9. The predicted molar refractivity (Wildman–Crippen MR) is 92.8 cm³/mol. The number of aryl methyl sites for hydroxylation is 1. The van der Waals surface area contributed by atoms with E-state index in [1.54, 1.807) is 24.3 Å². The lowest BCUT2D eigenvalue weighted by Gasteiger charge is -2.04. The molecule has 0 aliphatic heterocycles. The van der Waals surface area contributed by atoms with Gasteiger partial charge >= 0.3 is 5.97 Å². The highest BCUT2D eigenvalue weighted by molar-refractivity contribution is 5.88. The zero-order chi connectivity index (χ0) is 16.9. The van der Waals surface area contributed by atoms with Gasteiger partial charge in [0.05, 0.1) is 12.1 Å². The minimum absolute atomic E-state index is 0.269. The van der Waals surface area contributed by atoms with Crippen LogP contribution >= 0.6 is 0 Å². The molecule has 2 aromatic carbocycles. The van der Waals surface area contributed by atoms with Crippen molar-refractivity contribution in [2.75, 3.05) is 0 Å². The molecule has 122 valence electrons. The first-order valence-electron chi connectivity index (χ1n) is 7.80. The summed E-state index contributed by atoms with van der Waals surface area (Å²) in [4.78, 5) is 10.9. The molecule has 0 amide bonds. The van der Waals surface area contributed by atoms with E-state index in [0.29, 0.717) is 6.54 Å². The summed E-state index contributed by atoms with van der Waals surface area (Å²) in [7, 11) is 0. The van der Waals surface area contributed by atoms with E-state index in [0.717, 1.165) is 23.6 Å². The van der Waals surface area contributed by atoms with Crippen molar-refractivity contribution in [2.24, 2.45) is 0 Å². The number of nitrogens with one attached hydrogen (secondary N) is 1. The lowest BCUT2D eigenvalue weighted by atomic mass is 10.1. The quantitative estimate of drug-likeness (QED) is 0.713. The first kappa shape index (κ1) is 16.0. The topological polar surface area (TPSA) is 62.5 Å². The van der Waals surface area contributed by atoms with Gasteiger partial charge in [-0.05, 0) is 36.8 Å². The van der Waals surface area contributed by atoms with Gasteiger partial charge in [0.2, 0.25) is 0 Å². The van der Waals surface area contributed by atoms with Crippen molar-refractivity contribution in [3.63, 3.8) is 0 Å². The van der Waals surface area contributed by atoms with E-state index >= 15 is 0 Å². The number of furan rings is 1. The minimum atomic E-state index is -0.929. The van der Waals surface area contributed by atoms with Gasteiger partial charge in [0.1, 0.15) is 11.5 Å². The van der Waals surface area contributed by atoms with Crippen LogP contribution in [0.2, 0.25) is 0 Å². The lowest BCUT2D eigenvalue weighted by molar-refractivity contribution is 0.0697. The second kappa shape index (κ2) is 7.15. The summed E-state index contributed by atoms with van der Waals surface area (Å²) in [6.45, 7) is 3.50. The fourth-order valence-electron chi connectivity index (χ4n) is 2.44. The lowest BCUT2D eigenvalue weighted by Crippen LogP contribution is -2.11. The summed E-state index contributed by atoms with van der Waals surface area (Å²) >= 11 is 0. The third kappa shape index (κ3) is 3.91. The predicted octanol–water partition coefficient (Wildman–Crippen LogP) is 4.24. The summed E-state index contributed by atoms with van der Waals surface area (Å²) in [5, 5.41) is 12.3. The molecule has 1 heterocycles. The van der Waals surface area contributed by atoms with Crippen molar-refractivity contribution in [1.82, 2.24) is 5.32 Å². The van der Waals surface area contributed by atoms with Crippen LogP contribution in [0.5, 0.6) is 0 Å². The summed E-state index contributed by atoms with van der Waals surface area (Å²) in [5.41, 5.74) is 3.62. The van der Waals surface area contributed by atoms with Crippen LogP contribution in [-0.2, 0) is 13.1 Å². The number of hydrogen-bond acceptors (Lipinski definition) is 3. The molecule has 0 radical (unpaired) electrons. The van der Waals surface area contributed by atoms with Gasteiger partial charge in [0.25, 0.3) is 0 Å². The van der Waals surface area contributed by atoms with E-state index in [1.807, 2.05) is 12.1 Å². The summed E-state index contributed by atoms with van der Waals surface area (Å²) in [5.74, 6) is 0.653. The number of rotatable bonds is 6. The molecule has 4 heteroatoms. The van der Waals surface area contributed by atoms with Gasteiger partial charge in [-0.3, -0.25) is 0 Å². The first-order valence-corrected chi connectivity index (χ1v) is 7.80. The molecule has 4 nitrogen and oxygen atoms in total. The molecule has 3 rings (SSSR count). The second-order valence-corrected chi connectivity index (χ2v) is 5.74.